The minimum atomic E-state index is -0.278. The highest BCUT2D eigenvalue weighted by Crippen LogP contribution is 2.22. The van der Waals surface area contributed by atoms with Gasteiger partial charge in [0.2, 0.25) is 0 Å². The van der Waals surface area contributed by atoms with Gasteiger partial charge in [-0.2, -0.15) is 0 Å². The smallest absolute Gasteiger partial charge is 0.319 e. The summed E-state index contributed by atoms with van der Waals surface area (Å²) in [5.41, 5.74) is 3.85. The number of aryl methyl sites for hydroxylation is 2. The van der Waals surface area contributed by atoms with Crippen LogP contribution < -0.4 is 15.4 Å². The molecule has 122 valence electrons. The number of benzene rings is 2. The van der Waals surface area contributed by atoms with Crippen LogP contribution in [0.5, 0.6) is 5.75 Å². The van der Waals surface area contributed by atoms with Crippen molar-refractivity contribution < 1.29 is 9.53 Å². The number of carbonyl (C=O) groups excluding carboxylic acids is 1. The van der Waals surface area contributed by atoms with Crippen LogP contribution in [0, 0.1) is 20.8 Å². The zero-order chi connectivity index (χ0) is 16.8. The monoisotopic (exact) mass is 332 g/mol. The molecular formula is C18H21ClN2O2. The van der Waals surface area contributed by atoms with Crippen molar-refractivity contribution >= 4 is 23.3 Å². The standard InChI is InChI=1S/C18H21ClN2O2/c1-12-9-13(2)11-15(10-12)23-8-7-20-18(22)21-17-6-4-5-16(19)14(17)3/h4-6,9-11H,7-8H2,1-3H3,(H2,20,21,22). The summed E-state index contributed by atoms with van der Waals surface area (Å²) >= 11 is 6.03. The zero-order valence-corrected chi connectivity index (χ0v) is 14.3. The van der Waals surface area contributed by atoms with E-state index in [1.54, 1.807) is 12.1 Å². The van der Waals surface area contributed by atoms with Gasteiger partial charge in [0.25, 0.3) is 0 Å². The molecule has 0 saturated carbocycles. The van der Waals surface area contributed by atoms with Crippen molar-refractivity contribution in [1.82, 2.24) is 5.32 Å². The molecule has 0 unspecified atom stereocenters. The molecule has 0 aliphatic rings. The first-order valence-corrected chi connectivity index (χ1v) is 7.84. The molecule has 0 atom stereocenters. The van der Waals surface area contributed by atoms with Crippen molar-refractivity contribution in [3.05, 3.63) is 58.1 Å². The molecule has 0 radical (unpaired) electrons. The number of nitrogens with one attached hydrogen (secondary N) is 2. The third-order valence-corrected chi connectivity index (χ3v) is 3.78. The molecule has 2 rings (SSSR count). The number of carbonyl (C=O) groups is 1. The number of hydrogen-bond donors (Lipinski definition) is 2. The van der Waals surface area contributed by atoms with E-state index in [0.29, 0.717) is 23.9 Å². The number of halogens is 1. The lowest BCUT2D eigenvalue weighted by molar-refractivity contribution is 0.247. The molecule has 2 aromatic rings. The van der Waals surface area contributed by atoms with E-state index in [2.05, 4.69) is 16.7 Å². The number of hydrogen-bond acceptors (Lipinski definition) is 2. The molecule has 0 fully saturated rings. The number of amides is 2. The number of ether oxygens (including phenoxy) is 1. The number of urea groups is 1. The van der Waals surface area contributed by atoms with Crippen LogP contribution in [0.1, 0.15) is 16.7 Å². The van der Waals surface area contributed by atoms with Crippen molar-refractivity contribution in [1.29, 1.82) is 0 Å². The van der Waals surface area contributed by atoms with Gasteiger partial charge in [-0.25, -0.2) is 4.79 Å². The second-order valence-electron chi connectivity index (χ2n) is 5.47. The predicted molar refractivity (Wildman–Crippen MR) is 94.6 cm³/mol. The minimum Gasteiger partial charge on any atom is -0.492 e. The average Bonchev–Trinajstić information content (AvgIpc) is 2.47. The van der Waals surface area contributed by atoms with Gasteiger partial charge in [-0.1, -0.05) is 23.7 Å². The van der Waals surface area contributed by atoms with Gasteiger partial charge in [0.1, 0.15) is 12.4 Å². The fourth-order valence-electron chi connectivity index (χ4n) is 2.26. The first kappa shape index (κ1) is 17.2. The first-order valence-electron chi connectivity index (χ1n) is 7.47. The summed E-state index contributed by atoms with van der Waals surface area (Å²) in [6, 6.07) is 11.2. The summed E-state index contributed by atoms with van der Waals surface area (Å²) in [7, 11) is 0. The van der Waals surface area contributed by atoms with Crippen LogP contribution in [-0.4, -0.2) is 19.2 Å². The van der Waals surface area contributed by atoms with Crippen molar-refractivity contribution in [3.8, 4) is 5.75 Å². The topological polar surface area (TPSA) is 50.4 Å². The minimum absolute atomic E-state index is 0.278. The van der Waals surface area contributed by atoms with E-state index in [1.807, 2.05) is 39.0 Å². The Kier molecular flexibility index (Phi) is 5.88. The zero-order valence-electron chi connectivity index (χ0n) is 13.6. The fourth-order valence-corrected chi connectivity index (χ4v) is 2.43. The summed E-state index contributed by atoms with van der Waals surface area (Å²) in [4.78, 5) is 11.9. The van der Waals surface area contributed by atoms with Crippen LogP contribution in [0.25, 0.3) is 0 Å². The van der Waals surface area contributed by atoms with Gasteiger partial charge in [0, 0.05) is 10.7 Å². The molecule has 0 bridgehead atoms. The molecule has 5 heteroatoms. The highest BCUT2D eigenvalue weighted by Gasteiger charge is 2.06. The maximum absolute atomic E-state index is 11.9. The van der Waals surface area contributed by atoms with E-state index in [0.717, 1.165) is 22.4 Å². The third kappa shape index (κ3) is 5.18. The molecule has 0 aliphatic heterocycles. The van der Waals surface area contributed by atoms with Crippen LogP contribution in [0.2, 0.25) is 5.02 Å². The molecule has 0 aliphatic carbocycles. The van der Waals surface area contributed by atoms with Crippen molar-refractivity contribution in [2.45, 2.75) is 20.8 Å². The maximum Gasteiger partial charge on any atom is 0.319 e. The Morgan fingerprint density at radius 2 is 1.83 bits per heavy atom. The summed E-state index contributed by atoms with van der Waals surface area (Å²) in [6.07, 6.45) is 0. The Hall–Kier alpha value is -2.20. The van der Waals surface area contributed by atoms with Crippen molar-refractivity contribution in [3.63, 3.8) is 0 Å². The molecule has 2 aromatic carbocycles. The summed E-state index contributed by atoms with van der Waals surface area (Å²) in [5.74, 6) is 0.815. The Labute approximate surface area is 141 Å². The Bertz CT molecular complexity index is 681. The van der Waals surface area contributed by atoms with Crippen molar-refractivity contribution in [2.75, 3.05) is 18.5 Å². The molecular weight excluding hydrogens is 312 g/mol. The second-order valence-corrected chi connectivity index (χ2v) is 5.87. The van der Waals surface area contributed by atoms with Gasteiger partial charge in [-0.05, 0) is 61.7 Å². The molecule has 0 spiro atoms. The van der Waals surface area contributed by atoms with E-state index in [4.69, 9.17) is 16.3 Å². The van der Waals surface area contributed by atoms with Crippen molar-refractivity contribution in [2.24, 2.45) is 0 Å². The van der Waals surface area contributed by atoms with Crippen LogP contribution in [-0.2, 0) is 0 Å². The lowest BCUT2D eigenvalue weighted by Gasteiger charge is -2.12. The predicted octanol–water partition coefficient (Wildman–Crippen LogP) is 4.47. The van der Waals surface area contributed by atoms with E-state index in [9.17, 15) is 4.79 Å². The number of anilines is 1. The second kappa shape index (κ2) is 7.88. The van der Waals surface area contributed by atoms with Gasteiger partial charge in [0.05, 0.1) is 6.54 Å². The van der Waals surface area contributed by atoms with Gasteiger partial charge in [-0.3, -0.25) is 0 Å². The summed E-state index contributed by atoms with van der Waals surface area (Å²) < 4.78 is 5.65. The molecule has 4 nitrogen and oxygen atoms in total. The molecule has 2 N–H and O–H groups in total. The van der Waals surface area contributed by atoms with Crippen LogP contribution in [0.15, 0.2) is 36.4 Å². The molecule has 23 heavy (non-hydrogen) atoms. The molecule has 0 saturated heterocycles. The van der Waals surface area contributed by atoms with E-state index >= 15 is 0 Å². The highest BCUT2D eigenvalue weighted by molar-refractivity contribution is 6.31. The molecule has 0 heterocycles. The van der Waals surface area contributed by atoms with E-state index in [-0.39, 0.29) is 6.03 Å². The Morgan fingerprint density at radius 3 is 2.52 bits per heavy atom. The lowest BCUT2D eigenvalue weighted by atomic mass is 10.1. The van der Waals surface area contributed by atoms with Gasteiger partial charge >= 0.3 is 6.03 Å². The average molecular weight is 333 g/mol. The molecule has 2 amide bonds. The highest BCUT2D eigenvalue weighted by atomic mass is 35.5. The van der Waals surface area contributed by atoms with E-state index in [1.165, 1.54) is 0 Å². The first-order chi connectivity index (χ1) is 11.0. The lowest BCUT2D eigenvalue weighted by Crippen LogP contribution is -2.32. The van der Waals surface area contributed by atoms with E-state index < -0.39 is 0 Å². The van der Waals surface area contributed by atoms with Crippen LogP contribution >= 0.6 is 11.6 Å². The van der Waals surface area contributed by atoms with Gasteiger partial charge in [-0.15, -0.1) is 0 Å². The number of rotatable bonds is 5. The normalized spacial score (nSPS) is 10.3. The maximum atomic E-state index is 11.9. The Morgan fingerprint density at radius 1 is 1.13 bits per heavy atom. The largest absolute Gasteiger partial charge is 0.492 e. The van der Waals surface area contributed by atoms with Gasteiger partial charge in [0.15, 0.2) is 0 Å². The summed E-state index contributed by atoms with van der Waals surface area (Å²) in [5, 5.41) is 6.16. The van der Waals surface area contributed by atoms with Gasteiger partial charge < -0.3 is 15.4 Å². The third-order valence-electron chi connectivity index (χ3n) is 3.37. The molecule has 0 aromatic heterocycles. The van der Waals surface area contributed by atoms with Crippen LogP contribution in [0.4, 0.5) is 10.5 Å². The van der Waals surface area contributed by atoms with Crippen LogP contribution in [0.3, 0.4) is 0 Å². The SMILES string of the molecule is Cc1cc(C)cc(OCCNC(=O)Nc2cccc(Cl)c2C)c1. The fraction of sp³-hybridized carbons (Fsp3) is 0.278. The summed E-state index contributed by atoms with van der Waals surface area (Å²) in [6.45, 7) is 6.74. The Balaban J connectivity index is 1.77. The quantitative estimate of drug-likeness (QED) is 0.794.